The molecule has 2 rings (SSSR count). The molecule has 1 aliphatic heterocycles. The molecule has 0 spiro atoms. The number of aliphatic hydroxyl groups is 1. The molecule has 1 saturated heterocycles. The van der Waals surface area contributed by atoms with Crippen LogP contribution in [0.4, 0.5) is 13.2 Å². The second-order valence-corrected chi connectivity index (χ2v) is 9.58. The molecule has 2 atom stereocenters. The van der Waals surface area contributed by atoms with E-state index in [1.165, 1.54) is 7.05 Å². The third kappa shape index (κ3) is 4.63. The molecule has 1 aromatic rings. The second kappa shape index (κ2) is 7.08. The highest BCUT2D eigenvalue weighted by Crippen LogP contribution is 2.33. The number of rotatable bonds is 5. The molecule has 0 unspecified atom stereocenters. The highest BCUT2D eigenvalue weighted by molar-refractivity contribution is 7.91. The Bertz CT molecular complexity index is 831. The first-order valence-corrected chi connectivity index (χ1v) is 10.2. The van der Waals surface area contributed by atoms with Gasteiger partial charge in [0.1, 0.15) is 0 Å². The molecular formula is C16H24F3N3O4S. The fraction of sp³-hybridized carbons (Fsp3) is 0.750. The quantitative estimate of drug-likeness (QED) is 0.793. The Labute approximate surface area is 156 Å². The number of halogens is 3. The summed E-state index contributed by atoms with van der Waals surface area (Å²) < 4.78 is 63.3. The Morgan fingerprint density at radius 2 is 1.96 bits per heavy atom. The van der Waals surface area contributed by atoms with E-state index in [0.29, 0.717) is 30.3 Å². The van der Waals surface area contributed by atoms with Crippen LogP contribution in [0.3, 0.4) is 0 Å². The summed E-state index contributed by atoms with van der Waals surface area (Å²) in [6.45, 7) is 4.02. The number of alkyl halides is 3. The molecule has 2 heterocycles. The van der Waals surface area contributed by atoms with Gasteiger partial charge in [-0.05, 0) is 27.2 Å². The molecule has 27 heavy (non-hydrogen) atoms. The lowest BCUT2D eigenvalue weighted by molar-refractivity contribution is -0.254. The molecule has 0 aliphatic carbocycles. The zero-order valence-corrected chi connectivity index (χ0v) is 16.5. The molecule has 154 valence electrons. The number of hydrogen-bond acceptors (Lipinski definition) is 5. The number of aromatic nitrogens is 2. The van der Waals surface area contributed by atoms with Gasteiger partial charge in [0, 0.05) is 24.8 Å². The van der Waals surface area contributed by atoms with Crippen LogP contribution in [-0.4, -0.2) is 64.4 Å². The normalized spacial score (nSPS) is 21.9. The van der Waals surface area contributed by atoms with Crippen molar-refractivity contribution in [3.63, 3.8) is 0 Å². The zero-order chi connectivity index (χ0) is 20.8. The molecule has 1 amide bonds. The van der Waals surface area contributed by atoms with Crippen molar-refractivity contribution in [3.05, 3.63) is 17.0 Å². The van der Waals surface area contributed by atoms with Crippen molar-refractivity contribution in [1.29, 1.82) is 0 Å². The summed E-state index contributed by atoms with van der Waals surface area (Å²) in [6, 6.07) is -0.283. The fourth-order valence-corrected chi connectivity index (χ4v) is 4.80. The molecule has 0 saturated carbocycles. The van der Waals surface area contributed by atoms with E-state index in [2.05, 4.69) is 5.10 Å². The standard InChI is InChI=1S/C16H24F3N3O4S/c1-10-13(8-21(4)14(23)7-15(3,24)16(17,18)19)11(2)22(20-10)12-5-6-27(25,26)9-12/h12,24H,5-9H2,1-4H3/t12-,15-/m0/s1. The number of carbonyl (C=O) groups is 1. The van der Waals surface area contributed by atoms with Crippen molar-refractivity contribution in [1.82, 2.24) is 14.7 Å². The van der Waals surface area contributed by atoms with Crippen LogP contribution in [-0.2, 0) is 21.2 Å². The maximum absolute atomic E-state index is 12.8. The highest BCUT2D eigenvalue weighted by Gasteiger charge is 2.51. The van der Waals surface area contributed by atoms with Gasteiger partial charge in [0.05, 0.1) is 29.7 Å². The van der Waals surface area contributed by atoms with E-state index in [1.54, 1.807) is 18.5 Å². The van der Waals surface area contributed by atoms with E-state index in [4.69, 9.17) is 0 Å². The summed E-state index contributed by atoms with van der Waals surface area (Å²) in [5, 5.41) is 13.9. The molecule has 0 aromatic carbocycles. The molecule has 1 aromatic heterocycles. The molecule has 1 fully saturated rings. The smallest absolute Gasteiger partial charge is 0.380 e. The SMILES string of the molecule is Cc1nn([C@H]2CCS(=O)(=O)C2)c(C)c1CN(C)C(=O)C[C@](C)(O)C(F)(F)F. The topological polar surface area (TPSA) is 92.5 Å². The van der Waals surface area contributed by atoms with Crippen molar-refractivity contribution in [2.75, 3.05) is 18.6 Å². The van der Waals surface area contributed by atoms with Crippen LogP contribution in [0.1, 0.15) is 42.8 Å². The summed E-state index contributed by atoms with van der Waals surface area (Å²) >= 11 is 0. The average molecular weight is 411 g/mol. The first-order valence-electron chi connectivity index (χ1n) is 8.42. The van der Waals surface area contributed by atoms with Gasteiger partial charge in [-0.1, -0.05) is 0 Å². The van der Waals surface area contributed by atoms with Crippen LogP contribution in [0, 0.1) is 13.8 Å². The zero-order valence-electron chi connectivity index (χ0n) is 15.7. The van der Waals surface area contributed by atoms with Gasteiger partial charge in [-0.15, -0.1) is 0 Å². The van der Waals surface area contributed by atoms with Gasteiger partial charge in [-0.3, -0.25) is 9.48 Å². The first-order chi connectivity index (χ1) is 12.1. The number of carbonyl (C=O) groups excluding carboxylic acids is 1. The van der Waals surface area contributed by atoms with Crippen LogP contribution in [0.2, 0.25) is 0 Å². The predicted octanol–water partition coefficient (Wildman–Crippen LogP) is 1.52. The van der Waals surface area contributed by atoms with Gasteiger partial charge >= 0.3 is 6.18 Å². The number of sulfone groups is 1. The third-order valence-corrected chi connectivity index (χ3v) is 6.71. The van der Waals surface area contributed by atoms with E-state index in [1.807, 2.05) is 0 Å². The Balaban J connectivity index is 2.15. The number of hydrogen-bond donors (Lipinski definition) is 1. The van der Waals surface area contributed by atoms with Crippen LogP contribution in [0.5, 0.6) is 0 Å². The van der Waals surface area contributed by atoms with Gasteiger partial charge in [-0.25, -0.2) is 8.42 Å². The van der Waals surface area contributed by atoms with Gasteiger partial charge in [-0.2, -0.15) is 18.3 Å². The van der Waals surface area contributed by atoms with Crippen LogP contribution in [0.15, 0.2) is 0 Å². The Kier molecular flexibility index (Phi) is 5.69. The first kappa shape index (κ1) is 21.7. The second-order valence-electron chi connectivity index (χ2n) is 7.35. The summed E-state index contributed by atoms with van der Waals surface area (Å²) in [7, 11) is -1.74. The average Bonchev–Trinajstić information content (AvgIpc) is 2.99. The maximum Gasteiger partial charge on any atom is 0.417 e. The Morgan fingerprint density at radius 3 is 2.44 bits per heavy atom. The molecule has 1 aliphatic rings. The summed E-state index contributed by atoms with van der Waals surface area (Å²) in [5.41, 5.74) is -1.19. The minimum absolute atomic E-state index is 0.00236. The predicted molar refractivity (Wildman–Crippen MR) is 91.8 cm³/mol. The van der Waals surface area contributed by atoms with E-state index >= 15 is 0 Å². The lowest BCUT2D eigenvalue weighted by atomic mass is 10.0. The van der Waals surface area contributed by atoms with Gasteiger partial charge in [0.2, 0.25) is 5.91 Å². The third-order valence-electron chi connectivity index (χ3n) is 4.96. The molecule has 7 nitrogen and oxygen atoms in total. The largest absolute Gasteiger partial charge is 0.417 e. The lowest BCUT2D eigenvalue weighted by Crippen LogP contribution is -2.46. The van der Waals surface area contributed by atoms with Gasteiger partial charge < -0.3 is 10.0 Å². The molecule has 11 heteroatoms. The number of amides is 1. The number of nitrogens with zero attached hydrogens (tertiary/aromatic N) is 3. The van der Waals surface area contributed by atoms with Crippen molar-refractivity contribution >= 4 is 15.7 Å². The van der Waals surface area contributed by atoms with E-state index in [-0.39, 0.29) is 24.1 Å². The van der Waals surface area contributed by atoms with Crippen LogP contribution in [0.25, 0.3) is 0 Å². The summed E-state index contributed by atoms with van der Waals surface area (Å²) in [5.74, 6) is -0.763. The summed E-state index contributed by atoms with van der Waals surface area (Å²) in [4.78, 5) is 13.2. The summed E-state index contributed by atoms with van der Waals surface area (Å²) in [6.07, 6.45) is -5.54. The minimum atomic E-state index is -4.91. The van der Waals surface area contributed by atoms with Gasteiger partial charge in [0.25, 0.3) is 0 Å². The van der Waals surface area contributed by atoms with Gasteiger partial charge in [0.15, 0.2) is 15.4 Å². The molecule has 0 radical (unpaired) electrons. The monoisotopic (exact) mass is 411 g/mol. The van der Waals surface area contributed by atoms with E-state index < -0.39 is 33.9 Å². The molecule has 1 N–H and O–H groups in total. The lowest BCUT2D eigenvalue weighted by Gasteiger charge is -2.28. The van der Waals surface area contributed by atoms with Crippen LogP contribution < -0.4 is 0 Å². The van der Waals surface area contributed by atoms with Crippen molar-refractivity contribution in [2.24, 2.45) is 0 Å². The van der Waals surface area contributed by atoms with Crippen LogP contribution >= 0.6 is 0 Å². The van der Waals surface area contributed by atoms with Crippen molar-refractivity contribution in [2.45, 2.75) is 58.0 Å². The Hall–Kier alpha value is -1.62. The van der Waals surface area contributed by atoms with E-state index in [0.717, 1.165) is 4.90 Å². The highest BCUT2D eigenvalue weighted by atomic mass is 32.2. The molecular weight excluding hydrogens is 387 g/mol. The molecule has 0 bridgehead atoms. The maximum atomic E-state index is 12.8. The fourth-order valence-electron chi connectivity index (χ4n) is 3.10. The van der Waals surface area contributed by atoms with Crippen molar-refractivity contribution in [3.8, 4) is 0 Å². The Morgan fingerprint density at radius 1 is 1.37 bits per heavy atom. The minimum Gasteiger partial charge on any atom is -0.380 e. The van der Waals surface area contributed by atoms with Crippen molar-refractivity contribution < 1.29 is 31.5 Å². The van der Waals surface area contributed by atoms with E-state index in [9.17, 15) is 31.5 Å². The number of aryl methyl sites for hydroxylation is 1.